The number of aryl methyl sites for hydroxylation is 1. The van der Waals surface area contributed by atoms with Gasteiger partial charge in [0.1, 0.15) is 0 Å². The minimum absolute atomic E-state index is 0.126. The van der Waals surface area contributed by atoms with Crippen LogP contribution >= 0.6 is 23.1 Å². The molecule has 2 aromatic carbocycles. The Balaban J connectivity index is 1.72. The van der Waals surface area contributed by atoms with Gasteiger partial charge < -0.3 is 4.74 Å². The SMILES string of the molecule is Cc1csc(Sc2ccc(C(=O)OCC(=O)c3ccc(F)c(F)c3)cc2[N+](=O)[O-])n1. The molecule has 7 nitrogen and oxygen atoms in total. The van der Waals surface area contributed by atoms with Crippen LogP contribution in [0.15, 0.2) is 51.0 Å². The van der Waals surface area contributed by atoms with Crippen molar-refractivity contribution in [1.82, 2.24) is 4.98 Å². The quantitative estimate of drug-likeness (QED) is 0.220. The zero-order valence-corrected chi connectivity index (χ0v) is 16.9. The number of benzene rings is 2. The van der Waals surface area contributed by atoms with Crippen LogP contribution in [0.3, 0.4) is 0 Å². The molecule has 0 spiro atoms. The topological polar surface area (TPSA) is 99.4 Å². The van der Waals surface area contributed by atoms with E-state index in [-0.39, 0.29) is 16.8 Å². The van der Waals surface area contributed by atoms with E-state index in [2.05, 4.69) is 4.98 Å². The van der Waals surface area contributed by atoms with Crippen LogP contribution in [0.5, 0.6) is 0 Å². The van der Waals surface area contributed by atoms with Gasteiger partial charge in [-0.1, -0.05) is 11.8 Å². The summed E-state index contributed by atoms with van der Waals surface area (Å²) in [4.78, 5) is 39.5. The molecule has 0 fully saturated rings. The Morgan fingerprint density at radius 2 is 1.90 bits per heavy atom. The summed E-state index contributed by atoms with van der Waals surface area (Å²) in [6.45, 7) is 1.07. The molecule has 0 aliphatic heterocycles. The van der Waals surface area contributed by atoms with Crippen LogP contribution in [0, 0.1) is 28.7 Å². The third kappa shape index (κ3) is 5.05. The second-order valence-corrected chi connectivity index (χ2v) is 8.07. The zero-order chi connectivity index (χ0) is 21.8. The van der Waals surface area contributed by atoms with Gasteiger partial charge in [0.2, 0.25) is 0 Å². The Hall–Kier alpha value is -3.18. The number of aromatic nitrogens is 1. The minimum atomic E-state index is -1.20. The van der Waals surface area contributed by atoms with Crippen LogP contribution in [0.1, 0.15) is 26.4 Å². The molecular formula is C19H12F2N2O5S2. The fraction of sp³-hybridized carbons (Fsp3) is 0.105. The Morgan fingerprint density at radius 1 is 1.17 bits per heavy atom. The number of nitrogens with zero attached hydrogens (tertiary/aromatic N) is 2. The maximum absolute atomic E-state index is 13.2. The summed E-state index contributed by atoms with van der Waals surface area (Å²) >= 11 is 2.43. The number of nitro benzene ring substituents is 1. The number of ether oxygens (including phenoxy) is 1. The molecule has 0 bridgehead atoms. The van der Waals surface area contributed by atoms with Crippen molar-refractivity contribution in [3.8, 4) is 0 Å². The molecule has 3 aromatic rings. The third-order valence-electron chi connectivity index (χ3n) is 3.76. The highest BCUT2D eigenvalue weighted by Crippen LogP contribution is 2.36. The van der Waals surface area contributed by atoms with Crippen LogP contribution in [-0.2, 0) is 4.74 Å². The Labute approximate surface area is 176 Å². The first kappa shape index (κ1) is 21.5. The molecule has 30 heavy (non-hydrogen) atoms. The van der Waals surface area contributed by atoms with Gasteiger partial charge in [-0.05, 0) is 37.3 Å². The molecule has 0 N–H and O–H groups in total. The average molecular weight is 450 g/mol. The lowest BCUT2D eigenvalue weighted by atomic mass is 10.1. The summed E-state index contributed by atoms with van der Waals surface area (Å²) in [5.41, 5.74) is 0.183. The van der Waals surface area contributed by atoms with Crippen molar-refractivity contribution in [2.45, 2.75) is 16.2 Å². The minimum Gasteiger partial charge on any atom is -0.454 e. The van der Waals surface area contributed by atoms with E-state index in [0.717, 1.165) is 35.7 Å². The van der Waals surface area contributed by atoms with Crippen molar-refractivity contribution >= 4 is 40.5 Å². The summed E-state index contributed by atoms with van der Waals surface area (Å²) in [7, 11) is 0. The number of halogens is 2. The molecule has 1 aromatic heterocycles. The lowest BCUT2D eigenvalue weighted by Crippen LogP contribution is -2.15. The van der Waals surface area contributed by atoms with Crippen LogP contribution in [-0.4, -0.2) is 28.3 Å². The van der Waals surface area contributed by atoms with E-state index in [0.29, 0.717) is 15.3 Å². The summed E-state index contributed by atoms with van der Waals surface area (Å²) < 4.78 is 31.6. The second kappa shape index (κ2) is 9.09. The predicted octanol–water partition coefficient (Wildman–Crippen LogP) is 4.83. The lowest BCUT2D eigenvalue weighted by molar-refractivity contribution is -0.387. The monoisotopic (exact) mass is 450 g/mol. The van der Waals surface area contributed by atoms with Crippen LogP contribution in [0.25, 0.3) is 0 Å². The summed E-state index contributed by atoms with van der Waals surface area (Å²) in [6.07, 6.45) is 0. The fourth-order valence-electron chi connectivity index (χ4n) is 2.31. The van der Waals surface area contributed by atoms with E-state index in [1.54, 1.807) is 6.92 Å². The molecule has 1 heterocycles. The van der Waals surface area contributed by atoms with Gasteiger partial charge in [0.15, 0.2) is 28.4 Å². The third-order valence-corrected chi connectivity index (χ3v) is 5.88. The highest BCUT2D eigenvalue weighted by atomic mass is 32.2. The van der Waals surface area contributed by atoms with E-state index in [1.807, 2.05) is 5.38 Å². The number of Topliss-reactive ketones (excluding diaryl/α,β-unsaturated/α-hetero) is 1. The van der Waals surface area contributed by atoms with Gasteiger partial charge in [-0.25, -0.2) is 18.6 Å². The lowest BCUT2D eigenvalue weighted by Gasteiger charge is -2.06. The van der Waals surface area contributed by atoms with Crippen molar-refractivity contribution < 1.29 is 28.0 Å². The highest BCUT2D eigenvalue weighted by Gasteiger charge is 2.21. The number of thiazole rings is 1. The average Bonchev–Trinajstić information content (AvgIpc) is 3.12. The van der Waals surface area contributed by atoms with Crippen LogP contribution in [0.4, 0.5) is 14.5 Å². The normalized spacial score (nSPS) is 10.6. The molecular weight excluding hydrogens is 438 g/mol. The number of nitro groups is 1. The number of esters is 1. The molecule has 0 aliphatic rings. The van der Waals surface area contributed by atoms with Crippen LogP contribution in [0.2, 0.25) is 0 Å². The molecule has 0 saturated carbocycles. The summed E-state index contributed by atoms with van der Waals surface area (Å²) in [5, 5.41) is 13.2. The second-order valence-electron chi connectivity index (χ2n) is 5.92. The molecule has 0 atom stereocenters. The first-order chi connectivity index (χ1) is 14.2. The zero-order valence-electron chi connectivity index (χ0n) is 15.3. The highest BCUT2D eigenvalue weighted by molar-refractivity contribution is 8.01. The maximum atomic E-state index is 13.2. The number of ketones is 1. The van der Waals surface area contributed by atoms with E-state index < -0.39 is 34.9 Å². The van der Waals surface area contributed by atoms with Crippen molar-refractivity contribution in [3.05, 3.63) is 80.3 Å². The number of carbonyl (C=O) groups excluding carboxylic acids is 2. The van der Waals surface area contributed by atoms with E-state index in [9.17, 15) is 28.5 Å². The molecule has 11 heteroatoms. The fourth-order valence-corrected chi connectivity index (χ4v) is 4.19. The number of hydrogen-bond acceptors (Lipinski definition) is 8. The van der Waals surface area contributed by atoms with Crippen molar-refractivity contribution in [3.63, 3.8) is 0 Å². The Bertz CT molecular complexity index is 1150. The maximum Gasteiger partial charge on any atom is 0.338 e. The van der Waals surface area contributed by atoms with Gasteiger partial charge in [0.05, 0.1) is 15.4 Å². The molecule has 0 radical (unpaired) electrons. The molecule has 0 aliphatic carbocycles. The van der Waals surface area contributed by atoms with Crippen molar-refractivity contribution in [2.75, 3.05) is 6.61 Å². The predicted molar refractivity (Wildman–Crippen MR) is 105 cm³/mol. The summed E-state index contributed by atoms with van der Waals surface area (Å²) in [6, 6.07) is 6.32. The first-order valence-electron chi connectivity index (χ1n) is 8.28. The van der Waals surface area contributed by atoms with E-state index in [4.69, 9.17) is 4.74 Å². The van der Waals surface area contributed by atoms with Crippen LogP contribution < -0.4 is 0 Å². The van der Waals surface area contributed by atoms with Gasteiger partial charge in [-0.15, -0.1) is 11.3 Å². The van der Waals surface area contributed by atoms with Gasteiger partial charge in [0.25, 0.3) is 5.69 Å². The first-order valence-corrected chi connectivity index (χ1v) is 9.98. The van der Waals surface area contributed by atoms with Crippen molar-refractivity contribution in [2.24, 2.45) is 0 Å². The molecule has 0 saturated heterocycles. The standard InChI is InChI=1S/C19H12F2N2O5S2/c1-10-9-29-19(22-10)30-17-5-3-12(7-15(17)23(26)27)18(25)28-8-16(24)11-2-4-13(20)14(21)6-11/h2-7,9H,8H2,1H3. The van der Waals surface area contributed by atoms with E-state index in [1.165, 1.54) is 23.5 Å². The molecule has 154 valence electrons. The van der Waals surface area contributed by atoms with Gasteiger partial charge in [-0.3, -0.25) is 14.9 Å². The molecule has 0 unspecified atom stereocenters. The Kier molecular flexibility index (Phi) is 6.53. The van der Waals surface area contributed by atoms with Gasteiger partial charge in [0, 0.05) is 22.7 Å². The largest absolute Gasteiger partial charge is 0.454 e. The van der Waals surface area contributed by atoms with Gasteiger partial charge in [-0.2, -0.15) is 0 Å². The molecule has 0 amide bonds. The Morgan fingerprint density at radius 3 is 2.53 bits per heavy atom. The number of rotatable bonds is 7. The number of hydrogen-bond donors (Lipinski definition) is 0. The number of carbonyl (C=O) groups is 2. The molecule has 3 rings (SSSR count). The summed E-state index contributed by atoms with van der Waals surface area (Å²) in [5.74, 6) is -4.02. The van der Waals surface area contributed by atoms with E-state index >= 15 is 0 Å². The van der Waals surface area contributed by atoms with Crippen molar-refractivity contribution in [1.29, 1.82) is 0 Å². The smallest absolute Gasteiger partial charge is 0.338 e. The van der Waals surface area contributed by atoms with Gasteiger partial charge >= 0.3 is 5.97 Å².